The summed E-state index contributed by atoms with van der Waals surface area (Å²) in [6.45, 7) is 9.27. The highest BCUT2D eigenvalue weighted by Crippen LogP contribution is 2.73. The van der Waals surface area contributed by atoms with Gasteiger partial charge in [-0.1, -0.05) is 27.7 Å². The number of hydrogen-bond acceptors (Lipinski definition) is 3. The Kier molecular flexibility index (Phi) is 1.74. The van der Waals surface area contributed by atoms with Gasteiger partial charge in [0, 0.05) is 16.9 Å². The SMILES string of the molecule is CC1CC2OC3C4OC(=O)C=C4C(C)C2(C)C13C. The first-order valence-electron chi connectivity index (χ1n) is 6.98. The van der Waals surface area contributed by atoms with E-state index >= 15 is 0 Å². The molecule has 0 spiro atoms. The van der Waals surface area contributed by atoms with Crippen molar-refractivity contribution in [2.45, 2.75) is 52.4 Å². The number of ether oxygens (including phenoxy) is 2. The molecule has 18 heavy (non-hydrogen) atoms. The fourth-order valence-corrected chi connectivity index (χ4v) is 5.32. The minimum atomic E-state index is -0.186. The van der Waals surface area contributed by atoms with Gasteiger partial charge in [-0.25, -0.2) is 4.79 Å². The van der Waals surface area contributed by atoms with Crippen LogP contribution in [0.5, 0.6) is 0 Å². The van der Waals surface area contributed by atoms with Crippen molar-refractivity contribution in [2.75, 3.05) is 0 Å². The van der Waals surface area contributed by atoms with Crippen LogP contribution in [-0.2, 0) is 14.3 Å². The fourth-order valence-electron chi connectivity index (χ4n) is 5.32. The zero-order valence-corrected chi connectivity index (χ0v) is 11.4. The first-order valence-corrected chi connectivity index (χ1v) is 6.98. The van der Waals surface area contributed by atoms with E-state index < -0.39 is 0 Å². The molecule has 7 atom stereocenters. The summed E-state index contributed by atoms with van der Waals surface area (Å²) in [6, 6.07) is 0. The van der Waals surface area contributed by atoms with Crippen LogP contribution in [0.2, 0.25) is 0 Å². The van der Waals surface area contributed by atoms with Gasteiger partial charge in [0.15, 0.2) is 6.10 Å². The van der Waals surface area contributed by atoms with Crippen molar-refractivity contribution in [3.63, 3.8) is 0 Å². The van der Waals surface area contributed by atoms with Crippen LogP contribution in [0, 0.1) is 22.7 Å². The number of fused-ring (bicyclic) bond motifs is 2. The van der Waals surface area contributed by atoms with Gasteiger partial charge in [-0.15, -0.1) is 0 Å². The van der Waals surface area contributed by atoms with Gasteiger partial charge in [0.1, 0.15) is 6.10 Å². The van der Waals surface area contributed by atoms with Crippen molar-refractivity contribution in [2.24, 2.45) is 22.7 Å². The van der Waals surface area contributed by atoms with Crippen molar-refractivity contribution < 1.29 is 14.3 Å². The molecule has 1 saturated heterocycles. The summed E-state index contributed by atoms with van der Waals surface area (Å²) in [4.78, 5) is 11.6. The summed E-state index contributed by atoms with van der Waals surface area (Å²) in [5.74, 6) is 0.816. The van der Waals surface area contributed by atoms with E-state index in [1.165, 1.54) is 5.57 Å². The molecule has 2 saturated carbocycles. The van der Waals surface area contributed by atoms with Crippen LogP contribution in [0.25, 0.3) is 0 Å². The highest BCUT2D eigenvalue weighted by Gasteiger charge is 2.76. The van der Waals surface area contributed by atoms with E-state index in [4.69, 9.17) is 9.47 Å². The highest BCUT2D eigenvalue weighted by molar-refractivity contribution is 5.86. The second-order valence-electron chi connectivity index (χ2n) is 6.97. The Bertz CT molecular complexity index is 482. The largest absolute Gasteiger partial charge is 0.452 e. The molecule has 3 nitrogen and oxygen atoms in total. The zero-order valence-electron chi connectivity index (χ0n) is 11.4. The maximum Gasteiger partial charge on any atom is 0.331 e. The molecule has 3 fully saturated rings. The number of hydrogen-bond donors (Lipinski definition) is 0. The lowest BCUT2D eigenvalue weighted by molar-refractivity contribution is -0.156. The van der Waals surface area contributed by atoms with E-state index in [0.29, 0.717) is 17.9 Å². The Morgan fingerprint density at radius 3 is 2.72 bits per heavy atom. The van der Waals surface area contributed by atoms with E-state index in [2.05, 4.69) is 27.7 Å². The molecule has 0 amide bonds. The molecule has 3 heteroatoms. The Hall–Kier alpha value is -0.830. The van der Waals surface area contributed by atoms with E-state index in [-0.39, 0.29) is 29.0 Å². The molecule has 4 rings (SSSR count). The van der Waals surface area contributed by atoms with E-state index in [1.807, 2.05) is 0 Å². The highest BCUT2D eigenvalue weighted by atomic mass is 16.6. The Morgan fingerprint density at radius 2 is 2.00 bits per heavy atom. The van der Waals surface area contributed by atoms with Crippen LogP contribution in [0.15, 0.2) is 11.6 Å². The fraction of sp³-hybridized carbons (Fsp3) is 0.800. The maximum atomic E-state index is 11.6. The van der Waals surface area contributed by atoms with Gasteiger partial charge >= 0.3 is 5.97 Å². The molecule has 2 heterocycles. The summed E-state index contributed by atoms with van der Waals surface area (Å²) >= 11 is 0. The number of carbonyl (C=O) groups is 1. The molecule has 4 bridgehead atoms. The van der Waals surface area contributed by atoms with Crippen molar-refractivity contribution in [1.82, 2.24) is 0 Å². The second-order valence-corrected chi connectivity index (χ2v) is 6.97. The van der Waals surface area contributed by atoms with Gasteiger partial charge in [0.05, 0.1) is 6.10 Å². The van der Waals surface area contributed by atoms with Crippen molar-refractivity contribution in [1.29, 1.82) is 0 Å². The minimum Gasteiger partial charge on any atom is -0.452 e. The molecule has 0 radical (unpaired) electrons. The van der Waals surface area contributed by atoms with Crippen molar-refractivity contribution in [3.05, 3.63) is 11.6 Å². The van der Waals surface area contributed by atoms with Crippen LogP contribution in [-0.4, -0.2) is 24.3 Å². The third-order valence-corrected chi connectivity index (χ3v) is 6.85. The van der Waals surface area contributed by atoms with Gasteiger partial charge in [0.25, 0.3) is 0 Å². The van der Waals surface area contributed by atoms with Gasteiger partial charge in [-0.05, 0) is 23.8 Å². The maximum absolute atomic E-state index is 11.6. The standard InChI is InChI=1S/C15H20O3/c1-7-5-10-15(4)8(2)9-6-11(16)18-12(9)13(17-10)14(7,15)3/h6-8,10,12-13H,5H2,1-4H3. The number of carbonyl (C=O) groups excluding carboxylic acids is 1. The summed E-state index contributed by atoms with van der Waals surface area (Å²) in [5.41, 5.74) is 1.44. The summed E-state index contributed by atoms with van der Waals surface area (Å²) in [7, 11) is 0. The number of esters is 1. The Morgan fingerprint density at radius 1 is 1.28 bits per heavy atom. The molecule has 7 unspecified atom stereocenters. The van der Waals surface area contributed by atoms with Crippen LogP contribution in [0.1, 0.15) is 34.1 Å². The molecule has 2 aliphatic heterocycles. The van der Waals surface area contributed by atoms with Crippen LogP contribution < -0.4 is 0 Å². The third-order valence-electron chi connectivity index (χ3n) is 6.85. The zero-order chi connectivity index (χ0) is 12.9. The lowest BCUT2D eigenvalue weighted by Gasteiger charge is -2.52. The topological polar surface area (TPSA) is 35.5 Å². The van der Waals surface area contributed by atoms with Gasteiger partial charge < -0.3 is 9.47 Å². The molecular formula is C15H20O3. The van der Waals surface area contributed by atoms with Crippen molar-refractivity contribution in [3.8, 4) is 0 Å². The minimum absolute atomic E-state index is 0.0603. The lowest BCUT2D eigenvalue weighted by Crippen LogP contribution is -2.55. The molecule has 0 aromatic carbocycles. The number of rotatable bonds is 0. The first-order chi connectivity index (χ1) is 8.40. The normalized spacial score (nSPS) is 60.6. The van der Waals surface area contributed by atoms with E-state index in [9.17, 15) is 4.79 Å². The molecule has 0 aromatic rings. The smallest absolute Gasteiger partial charge is 0.331 e. The van der Waals surface area contributed by atoms with E-state index in [1.54, 1.807) is 6.08 Å². The summed E-state index contributed by atoms with van der Waals surface area (Å²) in [5, 5.41) is 0. The van der Waals surface area contributed by atoms with Crippen LogP contribution in [0.3, 0.4) is 0 Å². The second kappa shape index (κ2) is 2.84. The molecule has 2 aliphatic carbocycles. The van der Waals surface area contributed by atoms with E-state index in [0.717, 1.165) is 6.42 Å². The molecule has 0 aromatic heterocycles. The predicted molar refractivity (Wildman–Crippen MR) is 65.8 cm³/mol. The van der Waals surface area contributed by atoms with Gasteiger partial charge in [-0.2, -0.15) is 0 Å². The lowest BCUT2D eigenvalue weighted by atomic mass is 9.51. The predicted octanol–water partition coefficient (Wildman–Crippen LogP) is 2.31. The molecule has 0 N–H and O–H groups in total. The molecular weight excluding hydrogens is 228 g/mol. The van der Waals surface area contributed by atoms with Crippen LogP contribution >= 0.6 is 0 Å². The average molecular weight is 248 g/mol. The third kappa shape index (κ3) is 0.841. The summed E-state index contributed by atoms with van der Waals surface area (Å²) < 4.78 is 11.8. The van der Waals surface area contributed by atoms with Gasteiger partial charge in [-0.3, -0.25) is 0 Å². The Balaban J connectivity index is 1.92. The summed E-state index contributed by atoms with van der Waals surface area (Å²) in [6.07, 6.45) is 3.11. The molecule has 4 aliphatic rings. The van der Waals surface area contributed by atoms with Gasteiger partial charge in [0.2, 0.25) is 0 Å². The first kappa shape index (κ1) is 11.0. The van der Waals surface area contributed by atoms with Crippen LogP contribution in [0.4, 0.5) is 0 Å². The monoisotopic (exact) mass is 248 g/mol. The average Bonchev–Trinajstić information content (AvgIpc) is 2.84. The Labute approximate surface area is 108 Å². The molecule has 98 valence electrons. The van der Waals surface area contributed by atoms with Crippen molar-refractivity contribution >= 4 is 5.97 Å². The quantitative estimate of drug-likeness (QED) is 0.617.